The molecule has 0 bridgehead atoms. The second-order valence-corrected chi connectivity index (χ2v) is 3.87. The van der Waals surface area contributed by atoms with E-state index in [1.165, 1.54) is 25.7 Å². The second kappa shape index (κ2) is 4.66. The van der Waals surface area contributed by atoms with Gasteiger partial charge >= 0.3 is 0 Å². The van der Waals surface area contributed by atoms with Gasteiger partial charge in [0, 0.05) is 0 Å². The van der Waals surface area contributed by atoms with E-state index >= 15 is 0 Å². The Labute approximate surface area is 75.5 Å². The van der Waals surface area contributed by atoms with Crippen LogP contribution in [-0.4, -0.2) is 11.2 Å². The molecule has 0 aromatic heterocycles. The molecule has 0 aliphatic heterocycles. The summed E-state index contributed by atoms with van der Waals surface area (Å²) in [5.41, 5.74) is 0. The summed E-state index contributed by atoms with van der Waals surface area (Å²) in [6.45, 7) is 4.11. The van der Waals surface area contributed by atoms with Gasteiger partial charge in [-0.05, 0) is 31.6 Å². The van der Waals surface area contributed by atoms with Crippen molar-refractivity contribution in [2.75, 3.05) is 0 Å². The van der Waals surface area contributed by atoms with Crippen LogP contribution in [0.3, 0.4) is 0 Å². The molecule has 1 N–H and O–H groups in total. The van der Waals surface area contributed by atoms with Gasteiger partial charge in [0.15, 0.2) is 0 Å². The second-order valence-electron chi connectivity index (χ2n) is 3.87. The first kappa shape index (κ1) is 9.79. The molecule has 1 fully saturated rings. The monoisotopic (exact) mass is 168 g/mol. The molecule has 1 heteroatoms. The van der Waals surface area contributed by atoms with Crippen molar-refractivity contribution in [1.29, 1.82) is 0 Å². The molecule has 0 aromatic carbocycles. The molecule has 1 saturated carbocycles. The van der Waals surface area contributed by atoms with Crippen LogP contribution in [0.5, 0.6) is 0 Å². The normalized spacial score (nSPS) is 30.9. The SMILES string of the molecule is CCCC/C=C/C1CC1C(C)O. The van der Waals surface area contributed by atoms with E-state index in [1.807, 2.05) is 6.92 Å². The van der Waals surface area contributed by atoms with Crippen LogP contribution in [0.25, 0.3) is 0 Å². The lowest BCUT2D eigenvalue weighted by molar-refractivity contribution is 0.167. The third kappa shape index (κ3) is 2.98. The molecule has 70 valence electrons. The topological polar surface area (TPSA) is 20.2 Å². The molecule has 0 amide bonds. The molecular weight excluding hydrogens is 148 g/mol. The maximum atomic E-state index is 9.23. The maximum Gasteiger partial charge on any atom is 0.0546 e. The number of unbranched alkanes of at least 4 members (excludes halogenated alkanes) is 2. The third-order valence-electron chi connectivity index (χ3n) is 2.62. The minimum atomic E-state index is -0.106. The van der Waals surface area contributed by atoms with Crippen molar-refractivity contribution in [3.63, 3.8) is 0 Å². The summed E-state index contributed by atoms with van der Waals surface area (Å²) < 4.78 is 0. The van der Waals surface area contributed by atoms with Gasteiger partial charge in [-0.3, -0.25) is 0 Å². The molecule has 1 aliphatic carbocycles. The molecule has 1 aliphatic rings. The Morgan fingerprint density at radius 3 is 2.83 bits per heavy atom. The summed E-state index contributed by atoms with van der Waals surface area (Å²) in [4.78, 5) is 0. The van der Waals surface area contributed by atoms with Gasteiger partial charge in [-0.25, -0.2) is 0 Å². The van der Waals surface area contributed by atoms with Crippen LogP contribution >= 0.6 is 0 Å². The number of hydrogen-bond donors (Lipinski definition) is 1. The smallest absolute Gasteiger partial charge is 0.0546 e. The maximum absolute atomic E-state index is 9.23. The summed E-state index contributed by atoms with van der Waals surface area (Å²) in [6.07, 6.45) is 9.42. The van der Waals surface area contributed by atoms with Gasteiger partial charge in [-0.15, -0.1) is 0 Å². The Morgan fingerprint density at radius 1 is 1.58 bits per heavy atom. The van der Waals surface area contributed by atoms with E-state index in [1.54, 1.807) is 0 Å². The Kier molecular flexibility index (Phi) is 3.80. The summed E-state index contributed by atoms with van der Waals surface area (Å²) in [5.74, 6) is 1.24. The number of aliphatic hydroxyl groups is 1. The fraction of sp³-hybridized carbons (Fsp3) is 0.818. The summed E-state index contributed by atoms with van der Waals surface area (Å²) >= 11 is 0. The Balaban J connectivity index is 2.06. The first-order valence-corrected chi connectivity index (χ1v) is 5.10. The van der Waals surface area contributed by atoms with Gasteiger partial charge in [0.1, 0.15) is 0 Å². The summed E-state index contributed by atoms with van der Waals surface area (Å²) in [6, 6.07) is 0. The van der Waals surface area contributed by atoms with Gasteiger partial charge in [0.25, 0.3) is 0 Å². The lowest BCUT2D eigenvalue weighted by Crippen LogP contribution is -2.02. The van der Waals surface area contributed by atoms with Gasteiger partial charge in [-0.1, -0.05) is 31.9 Å². The van der Waals surface area contributed by atoms with E-state index in [2.05, 4.69) is 19.1 Å². The van der Waals surface area contributed by atoms with Crippen molar-refractivity contribution >= 4 is 0 Å². The van der Waals surface area contributed by atoms with Crippen LogP contribution in [0, 0.1) is 11.8 Å². The van der Waals surface area contributed by atoms with Crippen LogP contribution in [0.4, 0.5) is 0 Å². The lowest BCUT2D eigenvalue weighted by atomic mass is 10.2. The zero-order valence-electron chi connectivity index (χ0n) is 8.16. The minimum Gasteiger partial charge on any atom is -0.393 e. The predicted molar refractivity (Wildman–Crippen MR) is 51.9 cm³/mol. The zero-order valence-corrected chi connectivity index (χ0v) is 8.16. The number of aliphatic hydroxyl groups excluding tert-OH is 1. The highest BCUT2D eigenvalue weighted by molar-refractivity contribution is 5.03. The van der Waals surface area contributed by atoms with Crippen molar-refractivity contribution in [2.24, 2.45) is 11.8 Å². The van der Waals surface area contributed by atoms with Crippen LogP contribution in [0.15, 0.2) is 12.2 Å². The molecular formula is C11H20O. The van der Waals surface area contributed by atoms with Crippen molar-refractivity contribution < 1.29 is 5.11 Å². The Bertz CT molecular complexity index is 149. The average Bonchev–Trinajstić information content (AvgIpc) is 2.77. The first-order chi connectivity index (χ1) is 5.75. The van der Waals surface area contributed by atoms with Crippen molar-refractivity contribution in [1.82, 2.24) is 0 Å². The zero-order chi connectivity index (χ0) is 8.97. The van der Waals surface area contributed by atoms with Crippen LogP contribution in [0.2, 0.25) is 0 Å². The lowest BCUT2D eigenvalue weighted by Gasteiger charge is -1.98. The fourth-order valence-electron chi connectivity index (χ4n) is 1.60. The van der Waals surface area contributed by atoms with E-state index in [0.29, 0.717) is 11.8 Å². The number of rotatable bonds is 5. The minimum absolute atomic E-state index is 0.106. The van der Waals surface area contributed by atoms with Gasteiger partial charge in [0.05, 0.1) is 6.10 Å². The summed E-state index contributed by atoms with van der Waals surface area (Å²) in [5, 5.41) is 9.23. The Morgan fingerprint density at radius 2 is 2.33 bits per heavy atom. The van der Waals surface area contributed by atoms with Crippen molar-refractivity contribution in [2.45, 2.75) is 45.6 Å². The highest BCUT2D eigenvalue weighted by Crippen LogP contribution is 2.42. The standard InChI is InChI=1S/C11H20O/c1-3-4-5-6-7-10-8-11(10)9(2)12/h6-7,9-12H,3-5,8H2,1-2H3/b7-6+. The van der Waals surface area contributed by atoms with Crippen molar-refractivity contribution in [3.05, 3.63) is 12.2 Å². The quantitative estimate of drug-likeness (QED) is 0.494. The third-order valence-corrected chi connectivity index (χ3v) is 2.62. The van der Waals surface area contributed by atoms with E-state index in [9.17, 15) is 5.11 Å². The molecule has 0 aromatic rings. The molecule has 3 atom stereocenters. The molecule has 3 unspecified atom stereocenters. The number of allylic oxidation sites excluding steroid dienone is 2. The molecule has 12 heavy (non-hydrogen) atoms. The van der Waals surface area contributed by atoms with Gasteiger partial charge in [-0.2, -0.15) is 0 Å². The van der Waals surface area contributed by atoms with Crippen molar-refractivity contribution in [3.8, 4) is 0 Å². The molecule has 0 radical (unpaired) electrons. The van der Waals surface area contributed by atoms with Crippen LogP contribution < -0.4 is 0 Å². The Hall–Kier alpha value is -0.300. The van der Waals surface area contributed by atoms with E-state index < -0.39 is 0 Å². The van der Waals surface area contributed by atoms with E-state index in [0.717, 1.165) is 0 Å². The van der Waals surface area contributed by atoms with Gasteiger partial charge in [0.2, 0.25) is 0 Å². The number of hydrogen-bond acceptors (Lipinski definition) is 1. The van der Waals surface area contributed by atoms with Gasteiger partial charge < -0.3 is 5.11 Å². The highest BCUT2D eigenvalue weighted by atomic mass is 16.3. The largest absolute Gasteiger partial charge is 0.393 e. The molecule has 0 spiro atoms. The highest BCUT2D eigenvalue weighted by Gasteiger charge is 2.37. The first-order valence-electron chi connectivity index (χ1n) is 5.10. The predicted octanol–water partition coefficient (Wildman–Crippen LogP) is 2.75. The average molecular weight is 168 g/mol. The van der Waals surface area contributed by atoms with Crippen LogP contribution in [-0.2, 0) is 0 Å². The summed E-state index contributed by atoms with van der Waals surface area (Å²) in [7, 11) is 0. The van der Waals surface area contributed by atoms with Crippen LogP contribution in [0.1, 0.15) is 39.5 Å². The molecule has 0 saturated heterocycles. The van der Waals surface area contributed by atoms with E-state index in [4.69, 9.17) is 0 Å². The fourth-order valence-corrected chi connectivity index (χ4v) is 1.60. The van der Waals surface area contributed by atoms with E-state index in [-0.39, 0.29) is 6.10 Å². The molecule has 1 nitrogen and oxygen atoms in total. The molecule has 0 heterocycles. The molecule has 1 rings (SSSR count).